The number of nitrogens with one attached hydrogen (secondary N) is 1. The number of ether oxygens (including phenoxy) is 3. The summed E-state index contributed by atoms with van der Waals surface area (Å²) in [6, 6.07) is 11.5. The highest BCUT2D eigenvalue weighted by Gasteiger charge is 2.36. The van der Waals surface area contributed by atoms with Gasteiger partial charge in [0.2, 0.25) is 0 Å². The highest BCUT2D eigenvalue weighted by atomic mass is 32.1. The van der Waals surface area contributed by atoms with E-state index in [4.69, 9.17) is 14.2 Å². The quantitative estimate of drug-likeness (QED) is 0.401. The average Bonchev–Trinajstić information content (AvgIpc) is 3.30. The van der Waals surface area contributed by atoms with E-state index in [1.807, 2.05) is 37.3 Å². The summed E-state index contributed by atoms with van der Waals surface area (Å²) in [6.07, 6.45) is 3.47. The second kappa shape index (κ2) is 9.44. The van der Waals surface area contributed by atoms with Crippen LogP contribution in [0.15, 0.2) is 42.6 Å². The summed E-state index contributed by atoms with van der Waals surface area (Å²) in [5.74, 6) is 1.20. The molecule has 2 aliphatic rings. The Morgan fingerprint density at radius 2 is 1.81 bits per heavy atom. The lowest BCUT2D eigenvalue weighted by Gasteiger charge is -2.14. The normalized spacial score (nSPS) is 19.6. The minimum atomic E-state index is -0.145. The van der Waals surface area contributed by atoms with Gasteiger partial charge < -0.3 is 24.4 Å². The minimum absolute atomic E-state index is 0.0711. The third kappa shape index (κ3) is 4.45. The van der Waals surface area contributed by atoms with Crippen LogP contribution in [0.1, 0.15) is 28.2 Å². The first-order chi connectivity index (χ1) is 17.9. The van der Waals surface area contributed by atoms with Gasteiger partial charge in [-0.05, 0) is 50.1 Å². The number of thiophene rings is 1. The molecule has 2 atom stereocenters. The zero-order valence-corrected chi connectivity index (χ0v) is 21.7. The zero-order valence-electron chi connectivity index (χ0n) is 20.9. The van der Waals surface area contributed by atoms with Gasteiger partial charge in [0.05, 0.1) is 20.6 Å². The zero-order chi connectivity index (χ0) is 25.7. The van der Waals surface area contributed by atoms with E-state index in [1.54, 1.807) is 35.9 Å². The summed E-state index contributed by atoms with van der Waals surface area (Å²) in [4.78, 5) is 32.7. The minimum Gasteiger partial charge on any atom is -0.456 e. The number of aryl methyl sites for hydroxylation is 1. The topological polar surface area (TPSA) is 94.9 Å². The van der Waals surface area contributed by atoms with Crippen molar-refractivity contribution in [2.75, 3.05) is 27.3 Å². The van der Waals surface area contributed by atoms with Gasteiger partial charge in [0.15, 0.2) is 0 Å². The first kappa shape index (κ1) is 23.9. The molecule has 6 rings (SSSR count). The van der Waals surface area contributed by atoms with Crippen molar-refractivity contribution in [1.29, 1.82) is 0 Å². The molecule has 1 aromatic carbocycles. The van der Waals surface area contributed by atoms with Gasteiger partial charge in [-0.1, -0.05) is 0 Å². The Bertz CT molecular complexity index is 1500. The summed E-state index contributed by atoms with van der Waals surface area (Å²) in [6.45, 7) is 2.89. The molecule has 1 aliphatic carbocycles. The van der Waals surface area contributed by atoms with E-state index in [1.165, 1.54) is 11.3 Å². The number of benzene rings is 1. The van der Waals surface area contributed by atoms with Gasteiger partial charge in [-0.3, -0.25) is 14.3 Å². The lowest BCUT2D eigenvalue weighted by atomic mass is 10.2. The van der Waals surface area contributed by atoms with E-state index >= 15 is 0 Å². The number of aromatic nitrogens is 2. The Labute approximate surface area is 217 Å². The van der Waals surface area contributed by atoms with E-state index < -0.39 is 0 Å². The molecule has 2 amide bonds. The molecule has 192 valence electrons. The van der Waals surface area contributed by atoms with Crippen molar-refractivity contribution >= 4 is 44.4 Å². The van der Waals surface area contributed by atoms with Crippen molar-refractivity contribution in [2.24, 2.45) is 0 Å². The molecule has 9 nitrogen and oxygen atoms in total. The molecule has 0 bridgehead atoms. The second-order valence-corrected chi connectivity index (χ2v) is 10.6. The van der Waals surface area contributed by atoms with Crippen LogP contribution < -0.4 is 10.1 Å². The maximum absolute atomic E-state index is 13.2. The second-order valence-electron chi connectivity index (χ2n) is 9.56. The van der Waals surface area contributed by atoms with Crippen LogP contribution in [0.4, 0.5) is 4.79 Å². The van der Waals surface area contributed by atoms with E-state index in [0.717, 1.165) is 34.1 Å². The number of pyridine rings is 1. The third-order valence-corrected chi connectivity index (χ3v) is 8.11. The number of hydrogen-bond donors (Lipinski definition) is 1. The molecular weight excluding hydrogens is 492 g/mol. The fourth-order valence-electron chi connectivity index (χ4n) is 4.88. The Morgan fingerprint density at radius 1 is 1.05 bits per heavy atom. The van der Waals surface area contributed by atoms with Crippen molar-refractivity contribution in [3.8, 4) is 11.5 Å². The molecule has 4 aromatic rings. The molecule has 0 spiro atoms. The third-order valence-electron chi connectivity index (χ3n) is 6.99. The molecule has 4 heterocycles. The molecule has 1 aliphatic heterocycles. The standard InChI is InChI=1S/C27H28N4O5S/c1-15-10-16-11-18(6-7-20(16)31(15)27(33)29-17-4-5-17)36-21-8-9-28-19-12-24(37-25(19)21)26(32)30-13-22(34-2)23(14-30)35-3/h6-12,17,22-23H,4-5,13-14H2,1-3H3,(H,29,33). The van der Waals surface area contributed by atoms with Crippen LogP contribution in [0.5, 0.6) is 11.5 Å². The number of methoxy groups -OCH3 is 2. The number of fused-ring (bicyclic) bond motifs is 2. The van der Waals surface area contributed by atoms with Crippen LogP contribution in [0.2, 0.25) is 0 Å². The van der Waals surface area contributed by atoms with Crippen LogP contribution in [-0.4, -0.2) is 71.9 Å². The average molecular weight is 521 g/mol. The van der Waals surface area contributed by atoms with E-state index in [0.29, 0.717) is 35.0 Å². The molecule has 1 saturated carbocycles. The number of carbonyl (C=O) groups is 2. The lowest BCUT2D eigenvalue weighted by Crippen LogP contribution is -2.30. The van der Waals surface area contributed by atoms with Gasteiger partial charge in [-0.15, -0.1) is 11.3 Å². The largest absolute Gasteiger partial charge is 0.456 e. The molecule has 10 heteroatoms. The van der Waals surface area contributed by atoms with Gasteiger partial charge in [-0.25, -0.2) is 4.79 Å². The first-order valence-corrected chi connectivity index (χ1v) is 13.1. The predicted molar refractivity (Wildman–Crippen MR) is 141 cm³/mol. The number of hydrogen-bond acceptors (Lipinski definition) is 7. The Hall–Kier alpha value is -3.47. The first-order valence-electron chi connectivity index (χ1n) is 12.3. The SMILES string of the molecule is COC1CN(C(=O)c2cc3nccc(Oc4ccc5c(c4)cc(C)n5C(=O)NC4CC4)c3s2)CC1OC. The van der Waals surface area contributed by atoms with Gasteiger partial charge in [0, 0.05) is 56.7 Å². The Morgan fingerprint density at radius 3 is 2.51 bits per heavy atom. The number of likely N-dealkylation sites (tertiary alicyclic amines) is 1. The predicted octanol–water partition coefficient (Wildman–Crippen LogP) is 4.56. The van der Waals surface area contributed by atoms with E-state index in [9.17, 15) is 9.59 Å². The lowest BCUT2D eigenvalue weighted by molar-refractivity contribution is -0.00461. The highest BCUT2D eigenvalue weighted by molar-refractivity contribution is 7.21. The number of amides is 2. The number of nitrogens with zero attached hydrogens (tertiary/aromatic N) is 3. The van der Waals surface area contributed by atoms with Crippen molar-refractivity contribution in [1.82, 2.24) is 19.8 Å². The van der Waals surface area contributed by atoms with Crippen LogP contribution in [-0.2, 0) is 9.47 Å². The molecular formula is C27H28N4O5S. The van der Waals surface area contributed by atoms with Crippen molar-refractivity contribution in [3.63, 3.8) is 0 Å². The maximum atomic E-state index is 13.2. The van der Waals surface area contributed by atoms with Crippen LogP contribution in [0.3, 0.4) is 0 Å². The maximum Gasteiger partial charge on any atom is 0.326 e. The molecule has 2 fully saturated rings. The van der Waals surface area contributed by atoms with Crippen LogP contribution in [0, 0.1) is 6.92 Å². The summed E-state index contributed by atoms with van der Waals surface area (Å²) in [5, 5.41) is 3.97. The fourth-order valence-corrected chi connectivity index (χ4v) is 5.91. The molecule has 1 N–H and O–H groups in total. The molecule has 3 aromatic heterocycles. The van der Waals surface area contributed by atoms with Gasteiger partial charge in [0.1, 0.15) is 23.7 Å². The van der Waals surface area contributed by atoms with Crippen LogP contribution in [0.25, 0.3) is 21.1 Å². The van der Waals surface area contributed by atoms with Gasteiger partial charge in [0.25, 0.3) is 5.91 Å². The Kier molecular flexibility index (Phi) is 6.10. The summed E-state index contributed by atoms with van der Waals surface area (Å²) in [5.41, 5.74) is 2.41. The van der Waals surface area contributed by atoms with E-state index in [-0.39, 0.29) is 30.2 Å². The molecule has 2 unspecified atom stereocenters. The van der Waals surface area contributed by atoms with Crippen molar-refractivity contribution in [3.05, 3.63) is 53.2 Å². The summed E-state index contributed by atoms with van der Waals surface area (Å²) < 4.78 is 19.7. The highest BCUT2D eigenvalue weighted by Crippen LogP contribution is 2.37. The summed E-state index contributed by atoms with van der Waals surface area (Å²) >= 11 is 1.36. The number of carbonyl (C=O) groups excluding carboxylic acids is 2. The van der Waals surface area contributed by atoms with E-state index in [2.05, 4.69) is 10.3 Å². The number of rotatable bonds is 6. The molecule has 1 saturated heterocycles. The Balaban J connectivity index is 1.25. The van der Waals surface area contributed by atoms with Gasteiger partial charge in [-0.2, -0.15) is 0 Å². The van der Waals surface area contributed by atoms with Crippen molar-refractivity contribution < 1.29 is 23.8 Å². The fraction of sp³-hybridized carbons (Fsp3) is 0.370. The smallest absolute Gasteiger partial charge is 0.326 e. The molecule has 0 radical (unpaired) electrons. The molecule has 37 heavy (non-hydrogen) atoms. The monoisotopic (exact) mass is 520 g/mol. The van der Waals surface area contributed by atoms with Crippen molar-refractivity contribution in [2.45, 2.75) is 38.0 Å². The van der Waals surface area contributed by atoms with Crippen LogP contribution >= 0.6 is 11.3 Å². The van der Waals surface area contributed by atoms with Gasteiger partial charge >= 0.3 is 6.03 Å². The summed E-state index contributed by atoms with van der Waals surface area (Å²) in [7, 11) is 3.27.